The van der Waals surface area contributed by atoms with E-state index in [-0.39, 0.29) is 99.3 Å². The summed E-state index contributed by atoms with van der Waals surface area (Å²) in [4.78, 5) is 0. The van der Waals surface area contributed by atoms with E-state index in [4.69, 9.17) is 52.6 Å². The number of hydrogen-bond donors (Lipinski definition) is 0. The van der Waals surface area contributed by atoms with Crippen molar-refractivity contribution < 1.29 is 152 Å². The van der Waals surface area contributed by atoms with Crippen LogP contribution < -0.4 is 0 Å². The molecule has 0 amide bonds. The molecule has 0 saturated heterocycles. The smallest absolute Gasteiger partial charge is 0.759 e. The Morgan fingerprint density at radius 3 is 0.444 bits per heavy atom. The van der Waals surface area contributed by atoms with Crippen molar-refractivity contribution in [1.82, 2.24) is 0 Å². The van der Waals surface area contributed by atoms with Crippen molar-refractivity contribution in [2.24, 2.45) is 0 Å². The Morgan fingerprint density at radius 1 is 0.444 bits per heavy atom. The standard InChI is InChI=1S/3H2O4S.H2O.2Yb/c3*1-5(2,3)4;;;/h3*(H2,1,2,3,4);1H2;;/q;;;;2*+3/p-6. The Labute approximate surface area is 179 Å². The van der Waals surface area contributed by atoms with Crippen LogP contribution in [0.25, 0.3) is 0 Å². The summed E-state index contributed by atoms with van der Waals surface area (Å²) >= 11 is 0. The first-order valence-electron chi connectivity index (χ1n) is 2.00. The molecule has 0 spiro atoms. The molecule has 0 bridgehead atoms. The zero-order chi connectivity index (χ0) is 13.5. The topological polar surface area (TPSA) is 272 Å². The SMILES string of the molecule is O.O=S(=O)([O-])[O-].O=S(=O)([O-])[O-].O=S(=O)([O-])[O-].[Yb+3].[Yb+3]. The summed E-state index contributed by atoms with van der Waals surface area (Å²) in [5.41, 5.74) is 0. The fraction of sp³-hybridized carbons (Fsp3) is 0. The Balaban J connectivity index is -0.0000000277. The molecule has 18 heteroatoms. The van der Waals surface area contributed by atoms with E-state index >= 15 is 0 Å². The van der Waals surface area contributed by atoms with Crippen LogP contribution >= 0.6 is 0 Å². The molecule has 0 atom stereocenters. The monoisotopic (exact) mass is 654 g/mol. The van der Waals surface area contributed by atoms with E-state index in [1.54, 1.807) is 0 Å². The summed E-state index contributed by atoms with van der Waals surface area (Å²) in [7, 11) is -15.5. The summed E-state index contributed by atoms with van der Waals surface area (Å²) in [6.07, 6.45) is 0. The zero-order valence-corrected chi connectivity index (χ0v) is 13.0. The van der Waals surface area contributed by atoms with Gasteiger partial charge in [-0.3, -0.25) is 25.3 Å². The van der Waals surface area contributed by atoms with Gasteiger partial charge in [-0.2, -0.15) is 0 Å². The fourth-order valence-corrected chi connectivity index (χ4v) is 0. The molecule has 13 nitrogen and oxygen atoms in total. The molecule has 0 rings (SSSR count). The van der Waals surface area contributed by atoms with Crippen molar-refractivity contribution in [1.29, 1.82) is 0 Å². The third kappa shape index (κ3) is 848. The molecule has 2 radical (unpaired) electrons. The first kappa shape index (κ1) is 37.1. The molecule has 0 fully saturated rings. The van der Waals surface area contributed by atoms with Crippen molar-refractivity contribution in [3.05, 3.63) is 0 Å². The van der Waals surface area contributed by atoms with Gasteiger partial charge in [-0.15, -0.1) is 0 Å². The van der Waals surface area contributed by atoms with Crippen LogP contribution in [0.2, 0.25) is 0 Å². The van der Waals surface area contributed by atoms with E-state index in [1.807, 2.05) is 0 Å². The summed E-state index contributed by atoms with van der Waals surface area (Å²) in [6, 6.07) is 0. The molecule has 0 aliphatic rings. The van der Waals surface area contributed by atoms with Crippen LogP contribution in [-0.2, 0) is 31.2 Å². The third-order valence-corrected chi connectivity index (χ3v) is 0. The molecule has 18 heavy (non-hydrogen) atoms. The predicted molar refractivity (Wildman–Crippen MR) is 35.0 cm³/mol. The molecule has 0 aromatic heterocycles. The van der Waals surface area contributed by atoms with E-state index < -0.39 is 31.2 Å². The van der Waals surface area contributed by atoms with Crippen LogP contribution in [0, 0.1) is 93.8 Å². The van der Waals surface area contributed by atoms with E-state index in [2.05, 4.69) is 0 Å². The molecule has 126 valence electrons. The van der Waals surface area contributed by atoms with Crippen molar-refractivity contribution in [2.75, 3.05) is 0 Å². The molecule has 0 aromatic rings. The van der Waals surface area contributed by atoms with Gasteiger partial charge >= 0.3 is 93.8 Å². The van der Waals surface area contributed by atoms with Crippen molar-refractivity contribution >= 4 is 31.2 Å². The summed E-state index contributed by atoms with van der Waals surface area (Å²) in [5, 5.41) is 0. The predicted octanol–water partition coefficient (Wildman–Crippen LogP) is -4.84. The van der Waals surface area contributed by atoms with Crippen molar-refractivity contribution in [3.8, 4) is 0 Å². The molecular weight excluding hydrogens is 650 g/mol. The maximum absolute atomic E-state index is 8.52. The Bertz CT molecular complexity index is 341. The Hall–Kier alpha value is 2.61. The molecule has 0 heterocycles. The minimum Gasteiger partial charge on any atom is -0.759 e. The largest absolute Gasteiger partial charge is 3.00 e. The third-order valence-electron chi connectivity index (χ3n) is 0. The average molecular weight is 652 g/mol. The maximum atomic E-state index is 8.52. The van der Waals surface area contributed by atoms with Gasteiger partial charge in [0.1, 0.15) is 0 Å². The first-order valence-corrected chi connectivity index (χ1v) is 6.00. The van der Waals surface area contributed by atoms with Crippen LogP contribution in [-0.4, -0.2) is 58.0 Å². The van der Waals surface area contributed by atoms with Gasteiger partial charge in [0.05, 0.1) is 0 Å². The van der Waals surface area contributed by atoms with Gasteiger partial charge in [0, 0.05) is 31.2 Å². The second-order valence-electron chi connectivity index (χ2n) is 1.22. The van der Waals surface area contributed by atoms with Crippen LogP contribution in [0.3, 0.4) is 0 Å². The van der Waals surface area contributed by atoms with Crippen LogP contribution in [0.15, 0.2) is 0 Å². The van der Waals surface area contributed by atoms with Crippen LogP contribution in [0.5, 0.6) is 0 Å². The van der Waals surface area contributed by atoms with Crippen molar-refractivity contribution in [2.45, 2.75) is 0 Å². The summed E-state index contributed by atoms with van der Waals surface area (Å²) < 4.78 is 102. The van der Waals surface area contributed by atoms with Gasteiger partial charge < -0.3 is 32.8 Å². The number of rotatable bonds is 0. The first-order chi connectivity index (χ1) is 6.00. The molecular formula is H2O13S3Yb2. The molecule has 0 saturated carbocycles. The number of hydrogen-bond acceptors (Lipinski definition) is 12. The van der Waals surface area contributed by atoms with Gasteiger partial charge in [-0.25, -0.2) is 0 Å². The molecule has 0 aliphatic carbocycles. The van der Waals surface area contributed by atoms with Gasteiger partial charge in [0.2, 0.25) is 0 Å². The molecule has 2 N–H and O–H groups in total. The zero-order valence-electron chi connectivity index (χ0n) is 7.16. The quantitative estimate of drug-likeness (QED) is 0.176. The second kappa shape index (κ2) is 16.0. The van der Waals surface area contributed by atoms with E-state index in [0.29, 0.717) is 0 Å². The maximum Gasteiger partial charge on any atom is 3.00 e. The minimum absolute atomic E-state index is 0. The van der Waals surface area contributed by atoms with Crippen LogP contribution in [0.1, 0.15) is 0 Å². The van der Waals surface area contributed by atoms with Gasteiger partial charge in [-0.1, -0.05) is 0 Å². The van der Waals surface area contributed by atoms with E-state index in [1.165, 1.54) is 0 Å². The van der Waals surface area contributed by atoms with Crippen molar-refractivity contribution in [3.63, 3.8) is 0 Å². The normalized spacial score (nSPS) is 9.67. The molecule has 0 aromatic carbocycles. The van der Waals surface area contributed by atoms with E-state index in [0.717, 1.165) is 0 Å². The Kier molecular flexibility index (Phi) is 33.0. The fourth-order valence-electron chi connectivity index (χ4n) is 0. The molecule has 0 unspecified atom stereocenters. The molecule has 0 aliphatic heterocycles. The van der Waals surface area contributed by atoms with E-state index in [9.17, 15) is 0 Å². The Morgan fingerprint density at radius 2 is 0.444 bits per heavy atom. The van der Waals surface area contributed by atoms with Gasteiger partial charge in [0.15, 0.2) is 0 Å². The average Bonchev–Trinajstić information content (AvgIpc) is 1.41. The second-order valence-corrected chi connectivity index (χ2v) is 3.67. The van der Waals surface area contributed by atoms with Gasteiger partial charge in [-0.05, 0) is 0 Å². The van der Waals surface area contributed by atoms with Gasteiger partial charge in [0.25, 0.3) is 0 Å². The minimum atomic E-state index is -5.17. The summed E-state index contributed by atoms with van der Waals surface area (Å²) in [6.45, 7) is 0. The summed E-state index contributed by atoms with van der Waals surface area (Å²) in [5.74, 6) is 0. The van der Waals surface area contributed by atoms with Crippen LogP contribution in [0.4, 0.5) is 0 Å².